The molecular formula is C23H23Cl2NO2. The van der Waals surface area contributed by atoms with E-state index in [-0.39, 0.29) is 12.0 Å². The predicted molar refractivity (Wildman–Crippen MR) is 112 cm³/mol. The first-order chi connectivity index (χ1) is 13.6. The van der Waals surface area contributed by atoms with Crippen molar-refractivity contribution in [2.75, 3.05) is 11.9 Å². The molecule has 2 aliphatic carbocycles. The van der Waals surface area contributed by atoms with Gasteiger partial charge in [-0.1, -0.05) is 35.3 Å². The molecule has 5 atom stereocenters. The van der Waals surface area contributed by atoms with Gasteiger partial charge in [-0.05, 0) is 85.3 Å². The van der Waals surface area contributed by atoms with Gasteiger partial charge in [-0.3, -0.25) is 0 Å². The monoisotopic (exact) mass is 415 g/mol. The highest BCUT2D eigenvalue weighted by molar-refractivity contribution is 6.42. The Balaban J connectivity index is 1.60. The van der Waals surface area contributed by atoms with E-state index in [1.165, 1.54) is 24.8 Å². The number of anilines is 1. The molecule has 2 bridgehead atoms. The fraction of sp³-hybridized carbons (Fsp3) is 0.435. The Bertz CT molecular complexity index is 944. The number of nitrogens with one attached hydrogen (secondary N) is 1. The van der Waals surface area contributed by atoms with Crippen molar-refractivity contribution in [2.24, 2.45) is 17.8 Å². The molecule has 3 aliphatic rings. The third-order valence-corrected chi connectivity index (χ3v) is 7.75. The third-order valence-electron chi connectivity index (χ3n) is 6.91. The second-order valence-electron chi connectivity index (χ2n) is 8.22. The van der Waals surface area contributed by atoms with Gasteiger partial charge in [0, 0.05) is 5.69 Å². The normalized spacial score (nSPS) is 29.8. The summed E-state index contributed by atoms with van der Waals surface area (Å²) in [4.78, 5) is 12.3. The number of ether oxygens (including phenoxy) is 1. The smallest absolute Gasteiger partial charge is 0.338 e. The molecule has 2 aromatic rings. The molecule has 2 fully saturated rings. The maximum atomic E-state index is 12.3. The Morgan fingerprint density at radius 3 is 2.79 bits per heavy atom. The lowest BCUT2D eigenvalue weighted by atomic mass is 9.68. The van der Waals surface area contributed by atoms with Crippen LogP contribution in [0.4, 0.5) is 5.69 Å². The summed E-state index contributed by atoms with van der Waals surface area (Å²) in [6.45, 7) is 2.23. The van der Waals surface area contributed by atoms with E-state index in [1.54, 1.807) is 0 Å². The Hall–Kier alpha value is -1.71. The number of hydrogen-bond acceptors (Lipinski definition) is 3. The minimum atomic E-state index is -0.245. The summed E-state index contributed by atoms with van der Waals surface area (Å²) in [6.07, 6.45) is 3.80. The molecule has 2 aromatic carbocycles. The van der Waals surface area contributed by atoms with Crippen molar-refractivity contribution in [3.05, 3.63) is 63.1 Å². The zero-order valence-corrected chi connectivity index (χ0v) is 17.3. The molecule has 2 saturated carbocycles. The Morgan fingerprint density at radius 2 is 1.96 bits per heavy atom. The molecule has 0 saturated heterocycles. The lowest BCUT2D eigenvalue weighted by Gasteiger charge is -2.44. The van der Waals surface area contributed by atoms with Gasteiger partial charge in [-0.2, -0.15) is 0 Å². The van der Waals surface area contributed by atoms with Crippen molar-refractivity contribution >= 4 is 34.9 Å². The molecular weight excluding hydrogens is 393 g/mol. The van der Waals surface area contributed by atoms with Gasteiger partial charge < -0.3 is 10.1 Å². The Morgan fingerprint density at radius 1 is 1.14 bits per heavy atom. The molecule has 0 aromatic heterocycles. The number of hydrogen-bond donors (Lipinski definition) is 1. The van der Waals surface area contributed by atoms with Gasteiger partial charge in [0.2, 0.25) is 0 Å². The Labute approximate surface area is 175 Å². The van der Waals surface area contributed by atoms with Gasteiger partial charge in [-0.15, -0.1) is 0 Å². The van der Waals surface area contributed by atoms with Gasteiger partial charge in [0.15, 0.2) is 0 Å². The number of esters is 1. The Kier molecular flexibility index (Phi) is 4.56. The topological polar surface area (TPSA) is 38.3 Å². The number of carbonyl (C=O) groups is 1. The molecule has 3 nitrogen and oxygen atoms in total. The molecule has 0 amide bonds. The summed E-state index contributed by atoms with van der Waals surface area (Å²) in [6, 6.07) is 12.0. The SMILES string of the molecule is CCOC(=O)c1ccc2c(c1)[C@@H]1[C@H]3CC[C@@H](C3)[C@H]1[C@H](c1cccc(Cl)c1Cl)N2. The highest BCUT2D eigenvalue weighted by Crippen LogP contribution is 2.64. The van der Waals surface area contributed by atoms with Crippen LogP contribution in [0, 0.1) is 17.8 Å². The van der Waals surface area contributed by atoms with Crippen LogP contribution in [0.5, 0.6) is 0 Å². The van der Waals surface area contributed by atoms with E-state index >= 15 is 0 Å². The van der Waals surface area contributed by atoms with Crippen LogP contribution in [0.3, 0.4) is 0 Å². The van der Waals surface area contributed by atoms with E-state index < -0.39 is 0 Å². The van der Waals surface area contributed by atoms with Gasteiger partial charge in [-0.25, -0.2) is 4.79 Å². The fourth-order valence-electron chi connectivity index (χ4n) is 5.90. The molecule has 1 heterocycles. The summed E-state index contributed by atoms with van der Waals surface area (Å²) < 4.78 is 5.22. The summed E-state index contributed by atoms with van der Waals surface area (Å²) in [5, 5.41) is 4.99. The fourth-order valence-corrected chi connectivity index (χ4v) is 6.32. The second-order valence-corrected chi connectivity index (χ2v) is 9.01. The molecule has 28 heavy (non-hydrogen) atoms. The van der Waals surface area contributed by atoms with Crippen LogP contribution in [-0.2, 0) is 4.74 Å². The maximum absolute atomic E-state index is 12.3. The predicted octanol–water partition coefficient (Wildman–Crippen LogP) is 6.47. The van der Waals surface area contributed by atoms with Gasteiger partial charge in [0.25, 0.3) is 0 Å². The molecule has 0 spiro atoms. The van der Waals surface area contributed by atoms with Crippen LogP contribution < -0.4 is 5.32 Å². The van der Waals surface area contributed by atoms with E-state index in [0.717, 1.165) is 11.3 Å². The minimum absolute atomic E-state index is 0.146. The maximum Gasteiger partial charge on any atom is 0.338 e. The zero-order chi connectivity index (χ0) is 19.4. The van der Waals surface area contributed by atoms with Gasteiger partial charge in [0.05, 0.1) is 28.3 Å². The van der Waals surface area contributed by atoms with E-state index in [2.05, 4.69) is 17.4 Å². The minimum Gasteiger partial charge on any atom is -0.462 e. The van der Waals surface area contributed by atoms with Crippen LogP contribution in [-0.4, -0.2) is 12.6 Å². The zero-order valence-electron chi connectivity index (χ0n) is 15.8. The lowest BCUT2D eigenvalue weighted by molar-refractivity contribution is 0.0526. The van der Waals surface area contributed by atoms with E-state index in [4.69, 9.17) is 27.9 Å². The van der Waals surface area contributed by atoms with Crippen molar-refractivity contribution in [2.45, 2.75) is 38.1 Å². The highest BCUT2D eigenvalue weighted by Gasteiger charge is 2.54. The second kappa shape index (κ2) is 6.96. The van der Waals surface area contributed by atoms with E-state index in [9.17, 15) is 4.79 Å². The molecule has 1 N–H and O–H groups in total. The first-order valence-corrected chi connectivity index (χ1v) is 10.9. The quantitative estimate of drug-likeness (QED) is 0.583. The number of rotatable bonds is 3. The van der Waals surface area contributed by atoms with Crippen LogP contribution in [0.1, 0.15) is 59.6 Å². The van der Waals surface area contributed by atoms with Crippen molar-refractivity contribution in [3.63, 3.8) is 0 Å². The number of fused-ring (bicyclic) bond motifs is 7. The van der Waals surface area contributed by atoms with Crippen molar-refractivity contribution in [1.29, 1.82) is 0 Å². The van der Waals surface area contributed by atoms with Crippen LogP contribution in [0.2, 0.25) is 10.0 Å². The summed E-state index contributed by atoms with van der Waals surface area (Å²) in [7, 11) is 0. The summed E-state index contributed by atoms with van der Waals surface area (Å²) >= 11 is 12.9. The molecule has 5 heteroatoms. The van der Waals surface area contributed by atoms with Crippen LogP contribution >= 0.6 is 23.2 Å². The highest BCUT2D eigenvalue weighted by atomic mass is 35.5. The van der Waals surface area contributed by atoms with E-state index in [1.807, 2.05) is 31.2 Å². The molecule has 0 radical (unpaired) electrons. The average Bonchev–Trinajstić information content (AvgIpc) is 3.32. The molecule has 1 aliphatic heterocycles. The van der Waals surface area contributed by atoms with Crippen molar-refractivity contribution in [1.82, 2.24) is 0 Å². The molecule has 5 rings (SSSR count). The average molecular weight is 416 g/mol. The number of halogens is 2. The first kappa shape index (κ1) is 18.3. The van der Waals surface area contributed by atoms with Crippen molar-refractivity contribution in [3.8, 4) is 0 Å². The first-order valence-electron chi connectivity index (χ1n) is 10.1. The number of benzene rings is 2. The summed E-state index contributed by atoms with van der Waals surface area (Å²) in [5.41, 5.74) is 4.08. The van der Waals surface area contributed by atoms with Gasteiger partial charge in [0.1, 0.15) is 0 Å². The van der Waals surface area contributed by atoms with Crippen LogP contribution in [0.15, 0.2) is 36.4 Å². The molecule has 0 unspecified atom stereocenters. The molecule has 146 valence electrons. The largest absolute Gasteiger partial charge is 0.462 e. The summed E-state index contributed by atoms with van der Waals surface area (Å²) in [5.74, 6) is 2.03. The standard InChI is InChI=1S/C23H23Cl2NO2/c1-2-28-23(27)14-8-9-18-16(11-14)19-12-6-7-13(10-12)20(19)22(26-18)15-4-3-5-17(24)21(15)25/h3-5,8-9,11-13,19-20,22,26H,2,6-7,10H2,1H3/t12-,13-,19-,20+,22-/m0/s1. The number of carbonyl (C=O) groups excluding carboxylic acids is 1. The van der Waals surface area contributed by atoms with E-state index in [0.29, 0.717) is 45.9 Å². The lowest BCUT2D eigenvalue weighted by Crippen LogP contribution is -2.35. The van der Waals surface area contributed by atoms with Crippen LogP contribution in [0.25, 0.3) is 0 Å². The third kappa shape index (κ3) is 2.74. The van der Waals surface area contributed by atoms with Crippen molar-refractivity contribution < 1.29 is 9.53 Å². The van der Waals surface area contributed by atoms with Gasteiger partial charge >= 0.3 is 5.97 Å².